The SMILES string of the molecule is N#Cc1nccc(N2CC3(CNC3)C2)n1. The third-order valence-corrected chi connectivity index (χ3v) is 3.12. The van der Waals surface area contributed by atoms with E-state index in [1.807, 2.05) is 12.1 Å². The van der Waals surface area contributed by atoms with Crippen LogP contribution in [0.1, 0.15) is 5.82 Å². The zero-order valence-corrected chi connectivity index (χ0v) is 8.27. The molecule has 0 aromatic carbocycles. The third kappa shape index (κ3) is 1.26. The van der Waals surface area contributed by atoms with Gasteiger partial charge in [-0.3, -0.25) is 0 Å². The molecular formula is C10H11N5. The predicted molar refractivity (Wildman–Crippen MR) is 54.3 cm³/mol. The molecule has 0 atom stereocenters. The second kappa shape index (κ2) is 2.91. The Labute approximate surface area is 87.8 Å². The number of hydrogen-bond acceptors (Lipinski definition) is 5. The van der Waals surface area contributed by atoms with Crippen LogP contribution in [0.5, 0.6) is 0 Å². The summed E-state index contributed by atoms with van der Waals surface area (Å²) < 4.78 is 0. The normalized spacial score (nSPS) is 21.7. The lowest BCUT2D eigenvalue weighted by atomic mass is 9.74. The summed E-state index contributed by atoms with van der Waals surface area (Å²) in [5.74, 6) is 1.12. The largest absolute Gasteiger partial charge is 0.355 e. The number of nitrogens with one attached hydrogen (secondary N) is 1. The first-order valence-corrected chi connectivity index (χ1v) is 5.00. The minimum atomic E-state index is 0.250. The molecule has 76 valence electrons. The summed E-state index contributed by atoms with van der Waals surface area (Å²) in [6.45, 7) is 4.31. The molecule has 0 saturated carbocycles. The van der Waals surface area contributed by atoms with Crippen molar-refractivity contribution in [1.29, 1.82) is 5.26 Å². The van der Waals surface area contributed by atoms with Gasteiger partial charge in [0.25, 0.3) is 0 Å². The van der Waals surface area contributed by atoms with Crippen LogP contribution < -0.4 is 10.2 Å². The Bertz CT molecular complexity index is 424. The van der Waals surface area contributed by atoms with Crippen molar-refractivity contribution in [2.75, 3.05) is 31.1 Å². The van der Waals surface area contributed by atoms with Crippen molar-refractivity contribution >= 4 is 5.82 Å². The van der Waals surface area contributed by atoms with Gasteiger partial charge in [0.2, 0.25) is 5.82 Å². The molecule has 0 radical (unpaired) electrons. The van der Waals surface area contributed by atoms with E-state index in [1.54, 1.807) is 6.20 Å². The van der Waals surface area contributed by atoms with Gasteiger partial charge in [-0.1, -0.05) is 0 Å². The van der Waals surface area contributed by atoms with Gasteiger partial charge in [-0.15, -0.1) is 0 Å². The second-order valence-electron chi connectivity index (χ2n) is 4.31. The fourth-order valence-electron chi connectivity index (χ4n) is 2.21. The van der Waals surface area contributed by atoms with Gasteiger partial charge in [0.05, 0.1) is 0 Å². The number of aromatic nitrogens is 2. The molecule has 3 heterocycles. The van der Waals surface area contributed by atoms with Gasteiger partial charge in [-0.05, 0) is 6.07 Å². The van der Waals surface area contributed by atoms with Crippen LogP contribution in [0.4, 0.5) is 5.82 Å². The van der Waals surface area contributed by atoms with E-state index in [0.29, 0.717) is 5.41 Å². The minimum Gasteiger partial charge on any atom is -0.355 e. The van der Waals surface area contributed by atoms with E-state index in [-0.39, 0.29) is 5.82 Å². The second-order valence-corrected chi connectivity index (χ2v) is 4.31. The Morgan fingerprint density at radius 1 is 1.47 bits per heavy atom. The summed E-state index contributed by atoms with van der Waals surface area (Å²) in [5, 5.41) is 12.0. The van der Waals surface area contributed by atoms with Gasteiger partial charge >= 0.3 is 0 Å². The maximum Gasteiger partial charge on any atom is 0.234 e. The van der Waals surface area contributed by atoms with Crippen molar-refractivity contribution in [2.24, 2.45) is 5.41 Å². The van der Waals surface area contributed by atoms with E-state index in [9.17, 15) is 0 Å². The van der Waals surface area contributed by atoms with Crippen LogP contribution in [-0.4, -0.2) is 36.1 Å². The first-order valence-electron chi connectivity index (χ1n) is 5.00. The molecule has 15 heavy (non-hydrogen) atoms. The molecule has 0 amide bonds. The van der Waals surface area contributed by atoms with Crippen LogP contribution >= 0.6 is 0 Å². The van der Waals surface area contributed by atoms with Gasteiger partial charge < -0.3 is 10.2 Å². The van der Waals surface area contributed by atoms with Crippen molar-refractivity contribution in [1.82, 2.24) is 15.3 Å². The highest BCUT2D eigenvalue weighted by atomic mass is 15.3. The van der Waals surface area contributed by atoms with Gasteiger partial charge in [0.15, 0.2) is 0 Å². The van der Waals surface area contributed by atoms with E-state index in [2.05, 4.69) is 20.2 Å². The Morgan fingerprint density at radius 3 is 2.87 bits per heavy atom. The molecule has 1 N–H and O–H groups in total. The highest BCUT2D eigenvalue weighted by molar-refractivity contribution is 5.44. The molecule has 1 spiro atoms. The molecule has 0 bridgehead atoms. The fourth-order valence-corrected chi connectivity index (χ4v) is 2.21. The number of nitrogens with zero attached hydrogens (tertiary/aromatic N) is 4. The number of anilines is 1. The Balaban J connectivity index is 1.75. The summed E-state index contributed by atoms with van der Waals surface area (Å²) in [6, 6.07) is 3.82. The summed E-state index contributed by atoms with van der Waals surface area (Å²) in [5.41, 5.74) is 0.484. The maximum absolute atomic E-state index is 8.69. The van der Waals surface area contributed by atoms with Crippen LogP contribution in [0.25, 0.3) is 0 Å². The van der Waals surface area contributed by atoms with Crippen molar-refractivity contribution in [3.05, 3.63) is 18.1 Å². The van der Waals surface area contributed by atoms with E-state index in [4.69, 9.17) is 5.26 Å². The lowest BCUT2D eigenvalue weighted by Gasteiger charge is -2.56. The highest BCUT2D eigenvalue weighted by Gasteiger charge is 2.47. The van der Waals surface area contributed by atoms with Gasteiger partial charge in [0.1, 0.15) is 11.9 Å². The molecule has 2 saturated heterocycles. The van der Waals surface area contributed by atoms with E-state index < -0.39 is 0 Å². The smallest absolute Gasteiger partial charge is 0.234 e. The van der Waals surface area contributed by atoms with Crippen molar-refractivity contribution in [3.63, 3.8) is 0 Å². The quantitative estimate of drug-likeness (QED) is 0.679. The molecular weight excluding hydrogens is 190 g/mol. The Morgan fingerprint density at radius 2 is 2.27 bits per heavy atom. The van der Waals surface area contributed by atoms with Gasteiger partial charge in [-0.25, -0.2) is 9.97 Å². The molecule has 2 aliphatic heterocycles. The van der Waals surface area contributed by atoms with E-state index in [0.717, 1.165) is 32.0 Å². The lowest BCUT2D eigenvalue weighted by molar-refractivity contribution is 0.120. The number of nitriles is 1. The van der Waals surface area contributed by atoms with Gasteiger partial charge in [0, 0.05) is 37.8 Å². The van der Waals surface area contributed by atoms with Crippen LogP contribution in [0.3, 0.4) is 0 Å². The highest BCUT2D eigenvalue weighted by Crippen LogP contribution is 2.36. The fraction of sp³-hybridized carbons (Fsp3) is 0.500. The zero-order valence-electron chi connectivity index (χ0n) is 8.27. The van der Waals surface area contributed by atoms with Crippen LogP contribution in [0.2, 0.25) is 0 Å². The van der Waals surface area contributed by atoms with Crippen molar-refractivity contribution < 1.29 is 0 Å². The Kier molecular flexibility index (Phi) is 1.67. The molecule has 3 rings (SSSR count). The van der Waals surface area contributed by atoms with E-state index >= 15 is 0 Å². The summed E-state index contributed by atoms with van der Waals surface area (Å²) in [7, 11) is 0. The molecule has 5 heteroatoms. The molecule has 1 aromatic rings. The topological polar surface area (TPSA) is 64.8 Å². The Hall–Kier alpha value is -1.67. The number of hydrogen-bond donors (Lipinski definition) is 1. The molecule has 5 nitrogen and oxygen atoms in total. The van der Waals surface area contributed by atoms with E-state index in [1.165, 1.54) is 0 Å². The van der Waals surface area contributed by atoms with Crippen LogP contribution in [0.15, 0.2) is 12.3 Å². The molecule has 0 aliphatic carbocycles. The summed E-state index contributed by atoms with van der Waals surface area (Å²) >= 11 is 0. The molecule has 1 aromatic heterocycles. The lowest BCUT2D eigenvalue weighted by Crippen LogP contribution is -2.71. The van der Waals surface area contributed by atoms with Gasteiger partial charge in [-0.2, -0.15) is 5.26 Å². The zero-order chi connectivity index (χ0) is 10.3. The molecule has 2 fully saturated rings. The average molecular weight is 201 g/mol. The molecule has 2 aliphatic rings. The first-order chi connectivity index (χ1) is 7.31. The minimum absolute atomic E-state index is 0.250. The van der Waals surface area contributed by atoms with Crippen LogP contribution in [0, 0.1) is 16.7 Å². The first kappa shape index (κ1) is 8.62. The summed E-state index contributed by atoms with van der Waals surface area (Å²) in [6.07, 6.45) is 1.64. The monoisotopic (exact) mass is 201 g/mol. The maximum atomic E-state index is 8.69. The summed E-state index contributed by atoms with van der Waals surface area (Å²) in [4.78, 5) is 10.2. The van der Waals surface area contributed by atoms with Crippen molar-refractivity contribution in [3.8, 4) is 6.07 Å². The number of rotatable bonds is 1. The predicted octanol–water partition coefficient (Wildman–Crippen LogP) is -0.242. The standard InChI is InChI=1S/C10H11N5/c11-3-8-13-2-1-9(14-8)15-6-10(7-15)4-12-5-10/h1-2,12H,4-7H2. The van der Waals surface area contributed by atoms with Crippen LogP contribution in [-0.2, 0) is 0 Å². The third-order valence-electron chi connectivity index (χ3n) is 3.12. The average Bonchev–Trinajstić information content (AvgIpc) is 2.14. The van der Waals surface area contributed by atoms with Crippen molar-refractivity contribution in [2.45, 2.75) is 0 Å². The molecule has 0 unspecified atom stereocenters.